The summed E-state index contributed by atoms with van der Waals surface area (Å²) in [4.78, 5) is 66.6. The first-order valence-corrected chi connectivity index (χ1v) is 19.6. The number of likely N-dealkylation sites (N-methyl/N-ethyl adjacent to an activating group) is 1. The van der Waals surface area contributed by atoms with Crippen molar-refractivity contribution >= 4 is 83.2 Å². The molecule has 7 rings (SSSR count). The maximum Gasteiger partial charge on any atom is 0.268 e. The normalized spacial score (nSPS) is 14.5. The smallest absolute Gasteiger partial charge is 0.268 e. The van der Waals surface area contributed by atoms with E-state index < -0.39 is 0 Å². The molecule has 4 heterocycles. The van der Waals surface area contributed by atoms with Gasteiger partial charge in [0, 0.05) is 76.7 Å². The van der Waals surface area contributed by atoms with E-state index in [-0.39, 0.29) is 54.2 Å². The second-order valence-corrected chi connectivity index (χ2v) is 16.0. The van der Waals surface area contributed by atoms with Crippen LogP contribution < -0.4 is 10.6 Å². The number of nitrogens with one attached hydrogen (secondary N) is 2. The molecule has 2 fully saturated rings. The lowest BCUT2D eigenvalue weighted by molar-refractivity contribution is -0.151. The standard InChI is InChI=1S/C24H23BrN4O3.C18H20BrN3O2/c1-2-23(31)28-13-19(14-28)27-22(30)15-29-20-9-8-18(25)10-17(20)11-21(29)24(32)26-12-16-6-4-3-5-7-16;1-4-16(23)22-11-18(2,12-22)20(3)17(24)10-21-8-7-13-9-14(19)5-6-15(13)21/h2-11,19H,1,12-15H2,(H,26,32)(H,27,30);4-9H,1,10-12H2,2-3H3. The van der Waals surface area contributed by atoms with E-state index in [1.54, 1.807) is 32.4 Å². The van der Waals surface area contributed by atoms with Gasteiger partial charge in [0.15, 0.2) is 0 Å². The summed E-state index contributed by atoms with van der Waals surface area (Å²) in [5.41, 5.74) is 2.92. The van der Waals surface area contributed by atoms with E-state index in [0.29, 0.717) is 38.4 Å². The molecule has 56 heavy (non-hydrogen) atoms. The molecule has 0 aliphatic carbocycles. The third-order valence-corrected chi connectivity index (χ3v) is 11.2. The van der Waals surface area contributed by atoms with Crippen molar-refractivity contribution in [1.82, 2.24) is 34.5 Å². The van der Waals surface area contributed by atoms with Gasteiger partial charge >= 0.3 is 0 Å². The monoisotopic (exact) mass is 883 g/mol. The second-order valence-electron chi connectivity index (χ2n) is 14.2. The summed E-state index contributed by atoms with van der Waals surface area (Å²) in [6.07, 6.45) is 4.51. The van der Waals surface area contributed by atoms with Gasteiger partial charge in [-0.15, -0.1) is 0 Å². The van der Waals surface area contributed by atoms with Crippen molar-refractivity contribution in [3.05, 3.63) is 131 Å². The number of aromatic nitrogens is 2. The number of fused-ring (bicyclic) bond motifs is 2. The Morgan fingerprint density at radius 1 is 0.821 bits per heavy atom. The van der Waals surface area contributed by atoms with Gasteiger partial charge in [-0.3, -0.25) is 24.0 Å². The predicted octanol–water partition coefficient (Wildman–Crippen LogP) is 5.50. The number of carbonyl (C=O) groups is 5. The fourth-order valence-corrected chi connectivity index (χ4v) is 7.66. The first-order valence-electron chi connectivity index (χ1n) is 18.0. The molecule has 2 aliphatic heterocycles. The Morgan fingerprint density at radius 2 is 1.45 bits per heavy atom. The van der Waals surface area contributed by atoms with E-state index in [1.807, 2.05) is 90.5 Å². The molecule has 2 saturated heterocycles. The molecule has 0 radical (unpaired) electrons. The molecule has 0 bridgehead atoms. The number of hydrogen-bond donors (Lipinski definition) is 2. The fraction of sp³-hybridized carbons (Fsp3) is 0.262. The van der Waals surface area contributed by atoms with E-state index in [0.717, 1.165) is 36.3 Å². The molecule has 0 spiro atoms. The summed E-state index contributed by atoms with van der Waals surface area (Å²) in [7, 11) is 1.81. The minimum absolute atomic E-state index is 0.00509. The number of halogens is 2. The van der Waals surface area contributed by atoms with Gasteiger partial charge in [-0.1, -0.05) is 75.3 Å². The molecule has 2 aliphatic rings. The van der Waals surface area contributed by atoms with E-state index in [1.165, 1.54) is 12.2 Å². The highest BCUT2D eigenvalue weighted by Crippen LogP contribution is 2.28. The van der Waals surface area contributed by atoms with E-state index in [9.17, 15) is 24.0 Å². The van der Waals surface area contributed by atoms with Crippen LogP contribution in [0.15, 0.2) is 119 Å². The maximum atomic E-state index is 13.0. The van der Waals surface area contributed by atoms with Crippen LogP contribution in [0.3, 0.4) is 0 Å². The highest BCUT2D eigenvalue weighted by Gasteiger charge is 2.45. The zero-order valence-corrected chi connectivity index (χ0v) is 34.4. The van der Waals surface area contributed by atoms with Crippen LogP contribution in [-0.4, -0.2) is 98.2 Å². The molecule has 0 saturated carbocycles. The lowest BCUT2D eigenvalue weighted by atomic mass is 9.90. The molecule has 0 atom stereocenters. The van der Waals surface area contributed by atoms with Crippen LogP contribution in [0.4, 0.5) is 0 Å². The number of amides is 5. The van der Waals surface area contributed by atoms with Crippen molar-refractivity contribution in [3.8, 4) is 0 Å². The number of carbonyl (C=O) groups excluding carboxylic acids is 5. The molecule has 5 aromatic rings. The summed E-state index contributed by atoms with van der Waals surface area (Å²) in [5.74, 6) is -0.660. The van der Waals surface area contributed by atoms with Gasteiger partial charge < -0.3 is 34.5 Å². The third kappa shape index (κ3) is 8.97. The predicted molar refractivity (Wildman–Crippen MR) is 224 cm³/mol. The lowest BCUT2D eigenvalue weighted by Gasteiger charge is -2.52. The average molecular weight is 886 g/mol. The molecular weight excluding hydrogens is 842 g/mol. The molecule has 5 amide bonds. The molecule has 3 aromatic carbocycles. The highest BCUT2D eigenvalue weighted by molar-refractivity contribution is 9.10. The number of nitrogens with zero attached hydrogens (tertiary/aromatic N) is 5. The number of benzene rings is 3. The molecule has 2 aromatic heterocycles. The van der Waals surface area contributed by atoms with Crippen LogP contribution in [0.1, 0.15) is 23.0 Å². The van der Waals surface area contributed by atoms with Crippen LogP contribution in [-0.2, 0) is 38.8 Å². The van der Waals surface area contributed by atoms with E-state index in [2.05, 4.69) is 55.7 Å². The SMILES string of the molecule is C=CC(=O)N1CC(C)(N(C)C(=O)Cn2ccc3cc(Br)ccc32)C1.C=CC(=O)N1CC(NC(=O)Cn2c(C(=O)NCc3ccccc3)cc3cc(Br)ccc32)C1. The van der Waals surface area contributed by atoms with Crippen LogP contribution in [0.5, 0.6) is 0 Å². The Bertz CT molecular complexity index is 2320. The molecule has 2 N–H and O–H groups in total. The van der Waals surface area contributed by atoms with E-state index >= 15 is 0 Å². The molecule has 12 nitrogen and oxygen atoms in total. The van der Waals surface area contributed by atoms with Gasteiger partial charge in [0.25, 0.3) is 5.91 Å². The lowest BCUT2D eigenvalue weighted by Crippen LogP contribution is -2.69. The summed E-state index contributed by atoms with van der Waals surface area (Å²) < 4.78 is 5.59. The highest BCUT2D eigenvalue weighted by atomic mass is 79.9. The number of rotatable bonds is 11. The van der Waals surface area contributed by atoms with Crippen LogP contribution in [0, 0.1) is 0 Å². The van der Waals surface area contributed by atoms with Gasteiger partial charge in [0.2, 0.25) is 23.6 Å². The minimum atomic E-state index is -0.318. The van der Waals surface area contributed by atoms with Gasteiger partial charge in [-0.2, -0.15) is 0 Å². The largest absolute Gasteiger partial charge is 0.348 e. The second kappa shape index (κ2) is 17.1. The quantitative estimate of drug-likeness (QED) is 0.170. The third-order valence-electron chi connectivity index (χ3n) is 10.2. The Hall–Kier alpha value is -5.47. The van der Waals surface area contributed by atoms with Crippen molar-refractivity contribution in [2.75, 3.05) is 33.2 Å². The van der Waals surface area contributed by atoms with E-state index in [4.69, 9.17) is 0 Å². The Balaban J connectivity index is 0.000000198. The zero-order chi connectivity index (χ0) is 40.1. The summed E-state index contributed by atoms with van der Waals surface area (Å²) >= 11 is 6.92. The summed E-state index contributed by atoms with van der Waals surface area (Å²) in [6.45, 7) is 11.7. The first kappa shape index (κ1) is 40.2. The Labute approximate surface area is 342 Å². The molecule has 14 heteroatoms. The van der Waals surface area contributed by atoms with Crippen molar-refractivity contribution in [3.63, 3.8) is 0 Å². The van der Waals surface area contributed by atoms with Crippen molar-refractivity contribution in [1.29, 1.82) is 0 Å². The van der Waals surface area contributed by atoms with Gasteiger partial charge in [-0.25, -0.2) is 0 Å². The van der Waals surface area contributed by atoms with Gasteiger partial charge in [0.05, 0.1) is 11.6 Å². The Morgan fingerprint density at radius 3 is 2.11 bits per heavy atom. The molecule has 290 valence electrons. The van der Waals surface area contributed by atoms with Crippen molar-refractivity contribution in [2.24, 2.45) is 0 Å². The topological polar surface area (TPSA) is 129 Å². The van der Waals surface area contributed by atoms with Crippen molar-refractivity contribution in [2.45, 2.75) is 38.1 Å². The molecule has 0 unspecified atom stereocenters. The van der Waals surface area contributed by atoms with Gasteiger partial charge in [-0.05, 0) is 73.2 Å². The minimum Gasteiger partial charge on any atom is -0.348 e. The number of hydrogen-bond acceptors (Lipinski definition) is 5. The first-order chi connectivity index (χ1) is 26.8. The number of likely N-dealkylation sites (tertiary alicyclic amines) is 2. The summed E-state index contributed by atoms with van der Waals surface area (Å²) in [6, 6.07) is 25.0. The maximum absolute atomic E-state index is 13.0. The summed E-state index contributed by atoms with van der Waals surface area (Å²) in [5, 5.41) is 7.83. The zero-order valence-electron chi connectivity index (χ0n) is 31.2. The Kier molecular flexibility index (Phi) is 12.3. The van der Waals surface area contributed by atoms with Crippen LogP contribution >= 0.6 is 31.9 Å². The fourth-order valence-electron chi connectivity index (χ4n) is 6.90. The van der Waals surface area contributed by atoms with Crippen LogP contribution in [0.2, 0.25) is 0 Å². The van der Waals surface area contributed by atoms with Crippen LogP contribution in [0.25, 0.3) is 21.8 Å². The molecular formula is C42H43Br2N7O5. The van der Waals surface area contributed by atoms with Crippen molar-refractivity contribution < 1.29 is 24.0 Å². The average Bonchev–Trinajstić information content (AvgIpc) is 3.73. The van der Waals surface area contributed by atoms with Gasteiger partial charge in [0.1, 0.15) is 18.8 Å².